The van der Waals surface area contributed by atoms with Crippen LogP contribution in [0.15, 0.2) is 0 Å². The van der Waals surface area contributed by atoms with Crippen molar-refractivity contribution in [1.82, 2.24) is 25.0 Å². The molecule has 0 unspecified atom stereocenters. The Morgan fingerprint density at radius 3 is 2.75 bits per heavy atom. The molecule has 1 aromatic heterocycles. The van der Waals surface area contributed by atoms with E-state index in [1.54, 1.807) is 0 Å². The van der Waals surface area contributed by atoms with Crippen molar-refractivity contribution in [2.75, 3.05) is 13.1 Å². The molecular formula is C15H22F3N5O. The number of carbonyl (C=O) groups is 1. The zero-order chi connectivity index (χ0) is 17.5. The second-order valence-electron chi connectivity index (χ2n) is 6.96. The van der Waals surface area contributed by atoms with Gasteiger partial charge >= 0.3 is 12.2 Å². The minimum absolute atomic E-state index is 0.0540. The standard InChI is InChI=1S/C15H22F3N5O/c1-14(2)10(15(16,17)18)6-9-23(14)13(24)19-7-5-12-21-20-11-4-3-8-22(11)12/h10H,3-9H2,1-2H3,(H,19,24)/t10-/m0/s1. The first-order chi connectivity index (χ1) is 11.2. The van der Waals surface area contributed by atoms with Crippen LogP contribution >= 0.6 is 0 Å². The highest BCUT2D eigenvalue weighted by Gasteiger charge is 2.56. The van der Waals surface area contributed by atoms with Crippen molar-refractivity contribution in [2.45, 2.75) is 57.8 Å². The van der Waals surface area contributed by atoms with Gasteiger partial charge in [-0.3, -0.25) is 0 Å². The lowest BCUT2D eigenvalue weighted by atomic mass is 9.88. The van der Waals surface area contributed by atoms with Crippen LogP contribution in [0.5, 0.6) is 0 Å². The first-order valence-electron chi connectivity index (χ1n) is 8.24. The summed E-state index contributed by atoms with van der Waals surface area (Å²) in [5, 5.41) is 10.9. The Morgan fingerprint density at radius 1 is 1.33 bits per heavy atom. The maximum Gasteiger partial charge on any atom is 0.394 e. The second kappa shape index (κ2) is 5.93. The Bertz CT molecular complexity index is 625. The van der Waals surface area contributed by atoms with Crippen molar-refractivity contribution in [1.29, 1.82) is 0 Å². The van der Waals surface area contributed by atoms with Crippen LogP contribution in [0.2, 0.25) is 0 Å². The number of aromatic nitrogens is 3. The van der Waals surface area contributed by atoms with Gasteiger partial charge in [-0.05, 0) is 26.7 Å². The number of hydrogen-bond donors (Lipinski definition) is 1. The first-order valence-corrected chi connectivity index (χ1v) is 8.24. The molecule has 6 nitrogen and oxygen atoms in total. The van der Waals surface area contributed by atoms with E-state index in [-0.39, 0.29) is 13.0 Å². The van der Waals surface area contributed by atoms with Gasteiger partial charge in [-0.2, -0.15) is 13.2 Å². The molecule has 1 aromatic rings. The molecule has 3 heterocycles. The summed E-state index contributed by atoms with van der Waals surface area (Å²) in [6.07, 6.45) is -1.86. The summed E-state index contributed by atoms with van der Waals surface area (Å²) in [5.74, 6) is 0.289. The minimum atomic E-state index is -4.29. The van der Waals surface area contributed by atoms with E-state index < -0.39 is 23.7 Å². The van der Waals surface area contributed by atoms with Crippen LogP contribution in [0.3, 0.4) is 0 Å². The van der Waals surface area contributed by atoms with E-state index in [1.807, 2.05) is 4.57 Å². The second-order valence-corrected chi connectivity index (χ2v) is 6.96. The number of aryl methyl sites for hydroxylation is 1. The fourth-order valence-corrected chi connectivity index (χ4v) is 3.79. The summed E-state index contributed by atoms with van der Waals surface area (Å²) in [6, 6.07) is -0.451. The van der Waals surface area contributed by atoms with Crippen LogP contribution in [0.4, 0.5) is 18.0 Å². The van der Waals surface area contributed by atoms with E-state index in [0.717, 1.165) is 31.0 Å². The molecule has 9 heteroatoms. The Morgan fingerprint density at radius 2 is 2.08 bits per heavy atom. The van der Waals surface area contributed by atoms with E-state index in [9.17, 15) is 18.0 Å². The molecule has 0 aromatic carbocycles. The van der Waals surface area contributed by atoms with Gasteiger partial charge in [0.2, 0.25) is 0 Å². The number of nitrogens with zero attached hydrogens (tertiary/aromatic N) is 4. The SMILES string of the molecule is CC1(C)[C@@H](C(F)(F)F)CCN1C(=O)NCCc1nnc2n1CCC2. The molecular weight excluding hydrogens is 323 g/mol. The van der Waals surface area contributed by atoms with Crippen LogP contribution in [0.1, 0.15) is 38.3 Å². The molecule has 2 aliphatic heterocycles. The number of carbonyl (C=O) groups excluding carboxylic acids is 1. The van der Waals surface area contributed by atoms with Crippen molar-refractivity contribution >= 4 is 6.03 Å². The molecule has 3 rings (SSSR count). The number of likely N-dealkylation sites (tertiary alicyclic amines) is 1. The van der Waals surface area contributed by atoms with Crippen LogP contribution in [0.25, 0.3) is 0 Å². The Labute approximate surface area is 138 Å². The number of rotatable bonds is 3. The van der Waals surface area contributed by atoms with Gasteiger partial charge in [-0.25, -0.2) is 4.79 Å². The Hall–Kier alpha value is -1.80. The normalized spacial score (nSPS) is 22.7. The molecule has 0 aliphatic carbocycles. The third kappa shape index (κ3) is 2.95. The molecule has 0 saturated carbocycles. The highest BCUT2D eigenvalue weighted by atomic mass is 19.4. The van der Waals surface area contributed by atoms with Gasteiger partial charge in [-0.15, -0.1) is 10.2 Å². The first kappa shape index (κ1) is 17.0. The molecule has 0 bridgehead atoms. The van der Waals surface area contributed by atoms with Crippen molar-refractivity contribution in [3.8, 4) is 0 Å². The number of amides is 2. The van der Waals surface area contributed by atoms with Gasteiger partial charge < -0.3 is 14.8 Å². The Kier molecular flexibility index (Phi) is 4.21. The maximum atomic E-state index is 13.1. The van der Waals surface area contributed by atoms with Gasteiger partial charge in [-0.1, -0.05) is 0 Å². The lowest BCUT2D eigenvalue weighted by Crippen LogP contribution is -2.53. The quantitative estimate of drug-likeness (QED) is 0.913. The van der Waals surface area contributed by atoms with Crippen LogP contribution in [0, 0.1) is 5.92 Å². The van der Waals surface area contributed by atoms with Crippen molar-refractivity contribution in [3.63, 3.8) is 0 Å². The lowest BCUT2D eigenvalue weighted by molar-refractivity contribution is -0.189. The summed E-state index contributed by atoms with van der Waals surface area (Å²) in [6.45, 7) is 4.29. The third-order valence-electron chi connectivity index (χ3n) is 5.14. The molecule has 1 fully saturated rings. The highest BCUT2D eigenvalue weighted by Crippen LogP contribution is 2.44. The van der Waals surface area contributed by atoms with E-state index in [4.69, 9.17) is 0 Å². The topological polar surface area (TPSA) is 63.1 Å². The number of nitrogens with one attached hydrogen (secondary N) is 1. The van der Waals surface area contributed by atoms with E-state index in [0.29, 0.717) is 13.0 Å². The molecule has 2 aliphatic rings. The zero-order valence-electron chi connectivity index (χ0n) is 13.9. The van der Waals surface area contributed by atoms with Crippen LogP contribution < -0.4 is 5.32 Å². The highest BCUT2D eigenvalue weighted by molar-refractivity contribution is 5.75. The van der Waals surface area contributed by atoms with Crippen molar-refractivity contribution < 1.29 is 18.0 Å². The van der Waals surface area contributed by atoms with Gasteiger partial charge in [0.05, 0.1) is 11.5 Å². The van der Waals surface area contributed by atoms with Gasteiger partial charge in [0, 0.05) is 32.5 Å². The van der Waals surface area contributed by atoms with Crippen LogP contribution in [-0.2, 0) is 19.4 Å². The van der Waals surface area contributed by atoms with Crippen molar-refractivity contribution in [2.24, 2.45) is 5.92 Å². The minimum Gasteiger partial charge on any atom is -0.338 e. The van der Waals surface area contributed by atoms with Gasteiger partial charge in [0.1, 0.15) is 11.6 Å². The fourth-order valence-electron chi connectivity index (χ4n) is 3.79. The number of halogens is 3. The average molecular weight is 345 g/mol. The smallest absolute Gasteiger partial charge is 0.338 e. The predicted molar refractivity (Wildman–Crippen MR) is 80.4 cm³/mol. The summed E-state index contributed by atoms with van der Waals surface area (Å²) in [5.41, 5.74) is -1.24. The molecule has 0 spiro atoms. The third-order valence-corrected chi connectivity index (χ3v) is 5.14. The molecule has 1 atom stereocenters. The summed E-state index contributed by atoms with van der Waals surface area (Å²) >= 11 is 0. The number of fused-ring (bicyclic) bond motifs is 1. The van der Waals surface area contributed by atoms with E-state index >= 15 is 0 Å². The maximum absolute atomic E-state index is 13.1. The zero-order valence-corrected chi connectivity index (χ0v) is 13.9. The molecule has 1 saturated heterocycles. The predicted octanol–water partition coefficient (Wildman–Crippen LogP) is 2.14. The monoisotopic (exact) mass is 345 g/mol. The Balaban J connectivity index is 1.55. The van der Waals surface area contributed by atoms with Gasteiger partial charge in [0.25, 0.3) is 0 Å². The van der Waals surface area contributed by atoms with Crippen LogP contribution in [-0.4, -0.2) is 50.5 Å². The van der Waals surface area contributed by atoms with Gasteiger partial charge in [0.15, 0.2) is 0 Å². The summed E-state index contributed by atoms with van der Waals surface area (Å²) in [7, 11) is 0. The largest absolute Gasteiger partial charge is 0.394 e. The number of alkyl halides is 3. The summed E-state index contributed by atoms with van der Waals surface area (Å²) in [4.78, 5) is 13.6. The lowest BCUT2D eigenvalue weighted by Gasteiger charge is -2.36. The summed E-state index contributed by atoms with van der Waals surface area (Å²) < 4.78 is 41.3. The van der Waals surface area contributed by atoms with E-state index in [1.165, 1.54) is 18.7 Å². The molecule has 1 N–H and O–H groups in total. The number of urea groups is 1. The van der Waals surface area contributed by atoms with Crippen molar-refractivity contribution in [3.05, 3.63) is 11.6 Å². The molecule has 24 heavy (non-hydrogen) atoms. The molecule has 2 amide bonds. The average Bonchev–Trinajstić information content (AvgIpc) is 3.12. The molecule has 134 valence electrons. The van der Waals surface area contributed by atoms with E-state index in [2.05, 4.69) is 15.5 Å². The number of hydrogen-bond acceptors (Lipinski definition) is 3. The fraction of sp³-hybridized carbons (Fsp3) is 0.800. The molecule has 0 radical (unpaired) electrons.